The molecule has 0 saturated carbocycles. The summed E-state index contributed by atoms with van der Waals surface area (Å²) >= 11 is -1.86. The van der Waals surface area contributed by atoms with Gasteiger partial charge in [-0.25, -0.2) is 4.98 Å². The van der Waals surface area contributed by atoms with Crippen LogP contribution in [-0.4, -0.2) is 28.2 Å². The van der Waals surface area contributed by atoms with Gasteiger partial charge in [-0.15, -0.1) is 18.2 Å². The van der Waals surface area contributed by atoms with E-state index in [1.54, 1.807) is 4.40 Å². The normalized spacial score (nSPS) is 11.5. The van der Waals surface area contributed by atoms with Gasteiger partial charge in [-0.1, -0.05) is 54.6 Å². The van der Waals surface area contributed by atoms with Crippen molar-refractivity contribution in [2.75, 3.05) is 0 Å². The molecule has 4 nitrogen and oxygen atoms in total. The van der Waals surface area contributed by atoms with E-state index in [1.165, 1.54) is 22.3 Å². The zero-order valence-electron chi connectivity index (χ0n) is 31.2. The molecule has 0 bridgehead atoms. The van der Waals surface area contributed by atoms with Gasteiger partial charge in [0.15, 0.2) is 0 Å². The second-order valence-electron chi connectivity index (χ2n) is 15.0. The molecule has 0 aliphatic carbocycles. The van der Waals surface area contributed by atoms with E-state index in [0.717, 1.165) is 56.5 Å². The Morgan fingerprint density at radius 3 is 2.18 bits per heavy atom. The molecule has 0 aliphatic rings. The molecule has 0 fully saturated rings. The third-order valence-electron chi connectivity index (χ3n) is 9.15. The smallest absolute Gasteiger partial charge is 0.216 e. The van der Waals surface area contributed by atoms with Crippen LogP contribution in [0.25, 0.3) is 55.8 Å². The van der Waals surface area contributed by atoms with Crippen molar-refractivity contribution in [1.29, 1.82) is 0 Å². The molecule has 0 spiro atoms. The Hall–Kier alpha value is -3.90. The van der Waals surface area contributed by atoms with Crippen LogP contribution in [0.4, 0.5) is 0 Å². The molecule has 0 aliphatic heterocycles. The summed E-state index contributed by atoms with van der Waals surface area (Å²) in [7, 11) is 0. The van der Waals surface area contributed by atoms with Crippen LogP contribution in [-0.2, 0) is 26.5 Å². The van der Waals surface area contributed by atoms with Crippen molar-refractivity contribution in [3.63, 3.8) is 0 Å². The first-order valence-corrected chi connectivity index (χ1v) is 25.0. The maximum absolute atomic E-state index is 6.30. The minimum Gasteiger partial charge on any atom is -0.486 e. The maximum atomic E-state index is 6.30. The molecule has 4 heterocycles. The monoisotopic (exact) mass is 912 g/mol. The van der Waals surface area contributed by atoms with Crippen LogP contribution in [0.3, 0.4) is 0 Å². The van der Waals surface area contributed by atoms with Crippen LogP contribution in [0.15, 0.2) is 102 Å². The predicted molar refractivity (Wildman–Crippen MR) is 213 cm³/mol. The standard InChI is InChI=1S/C27H23N2O.C18H24GeN.Ir/c1-16(2)19-13-14-28-24(15-19)22-10-6-9-20-21-11-12-23(29-27(21)30-26(20)22)25-17(3)7-5-8-18(25)4;1-14(2)11-16-12-18(15-9-7-6-8-10-15)20-13-17(16)19(3,4)5;/h5-9,11-16H,1-4H3;6-9,12-14H,11H2,1-5H3;/q2*-1;. The van der Waals surface area contributed by atoms with E-state index in [1.807, 2.05) is 36.5 Å². The molecule has 0 atom stereocenters. The second-order valence-corrected chi connectivity index (χ2v) is 25.6. The summed E-state index contributed by atoms with van der Waals surface area (Å²) in [6.45, 7) is 13.2. The Labute approximate surface area is 319 Å². The first kappa shape index (κ1) is 38.3. The van der Waals surface area contributed by atoms with Crippen LogP contribution < -0.4 is 4.40 Å². The van der Waals surface area contributed by atoms with Gasteiger partial charge < -0.3 is 9.40 Å². The number of aryl methyl sites for hydroxylation is 2. The van der Waals surface area contributed by atoms with E-state index in [9.17, 15) is 0 Å². The Bertz CT molecular complexity index is 2250. The molecule has 0 saturated heterocycles. The quantitative estimate of drug-likeness (QED) is 0.118. The predicted octanol–water partition coefficient (Wildman–Crippen LogP) is 11.5. The van der Waals surface area contributed by atoms with Gasteiger partial charge in [-0.2, -0.15) is 0 Å². The largest absolute Gasteiger partial charge is 0.486 e. The van der Waals surface area contributed by atoms with Gasteiger partial charge in [0, 0.05) is 37.3 Å². The van der Waals surface area contributed by atoms with Gasteiger partial charge in [0.25, 0.3) is 0 Å². The van der Waals surface area contributed by atoms with Crippen LogP contribution in [0, 0.1) is 31.9 Å². The number of benzene rings is 3. The van der Waals surface area contributed by atoms with Crippen molar-refractivity contribution >= 4 is 39.7 Å². The molecule has 263 valence electrons. The average Bonchev–Trinajstić information content (AvgIpc) is 3.46. The molecule has 0 N–H and O–H groups in total. The van der Waals surface area contributed by atoms with Crippen molar-refractivity contribution in [3.05, 3.63) is 132 Å². The summed E-state index contributed by atoms with van der Waals surface area (Å²) in [5, 5.41) is 2.05. The number of nitrogens with zero attached hydrogens (tertiary/aromatic N) is 3. The number of aromatic nitrogens is 3. The number of fused-ring (bicyclic) bond motifs is 3. The van der Waals surface area contributed by atoms with Gasteiger partial charge in [0.05, 0.1) is 11.3 Å². The van der Waals surface area contributed by atoms with E-state index in [-0.39, 0.29) is 20.1 Å². The van der Waals surface area contributed by atoms with Crippen LogP contribution in [0.1, 0.15) is 55.9 Å². The first-order valence-electron chi connectivity index (χ1n) is 17.6. The van der Waals surface area contributed by atoms with E-state index in [0.29, 0.717) is 17.5 Å². The molecule has 4 aromatic heterocycles. The third kappa shape index (κ3) is 8.60. The summed E-state index contributed by atoms with van der Waals surface area (Å²) in [6, 6.07) is 35.7. The Balaban J connectivity index is 0.000000211. The van der Waals surface area contributed by atoms with E-state index in [2.05, 4.69) is 137 Å². The zero-order valence-corrected chi connectivity index (χ0v) is 35.7. The van der Waals surface area contributed by atoms with Gasteiger partial charge >= 0.3 is 126 Å². The van der Waals surface area contributed by atoms with Crippen LogP contribution >= 0.6 is 0 Å². The van der Waals surface area contributed by atoms with Crippen molar-refractivity contribution in [2.24, 2.45) is 5.92 Å². The fourth-order valence-electron chi connectivity index (χ4n) is 6.59. The number of pyridine rings is 3. The molecule has 1 radical (unpaired) electrons. The van der Waals surface area contributed by atoms with E-state index >= 15 is 0 Å². The third-order valence-corrected chi connectivity index (χ3v) is 13.5. The van der Waals surface area contributed by atoms with E-state index < -0.39 is 13.3 Å². The molecule has 51 heavy (non-hydrogen) atoms. The van der Waals surface area contributed by atoms with Gasteiger partial charge in [0.1, 0.15) is 0 Å². The minimum absolute atomic E-state index is 0. The SMILES string of the molecule is CC(C)Cc1cc(-c2[c-]cccc2)nc[c]1[Ge]([CH3])([CH3])[CH3].Cc1cccc(C)c1-c1ccc2c(n1)oc1c(-c3cc(C(C)C)ccn3)[c-]ccc12.[Ir]. The van der Waals surface area contributed by atoms with Gasteiger partial charge in [0.2, 0.25) is 5.71 Å². The summed E-state index contributed by atoms with van der Waals surface area (Å²) < 4.78 is 7.84. The number of rotatable bonds is 7. The topological polar surface area (TPSA) is 51.8 Å². The molecule has 6 heteroatoms. The van der Waals surface area contributed by atoms with Crippen LogP contribution in [0.5, 0.6) is 0 Å². The van der Waals surface area contributed by atoms with Gasteiger partial charge in [-0.05, 0) is 54.8 Å². The average molecular weight is 911 g/mol. The fourth-order valence-corrected chi connectivity index (χ4v) is 9.93. The summed E-state index contributed by atoms with van der Waals surface area (Å²) in [6.07, 6.45) is 5.13. The van der Waals surface area contributed by atoms with Crippen LogP contribution in [0.2, 0.25) is 17.3 Å². The first-order chi connectivity index (χ1) is 23.9. The fraction of sp³-hybridized carbons (Fsp3) is 0.267. The zero-order chi connectivity index (χ0) is 35.6. The molecular formula is C45H47GeIrN3O-2. The Morgan fingerprint density at radius 2 is 1.51 bits per heavy atom. The summed E-state index contributed by atoms with van der Waals surface area (Å²) in [5.41, 5.74) is 12.6. The van der Waals surface area contributed by atoms with Crippen molar-refractivity contribution in [1.82, 2.24) is 15.0 Å². The molecule has 3 aromatic carbocycles. The summed E-state index contributed by atoms with van der Waals surface area (Å²) in [4.78, 5) is 14.2. The molecule has 0 amide bonds. The molecule has 0 unspecified atom stereocenters. The number of hydrogen-bond donors (Lipinski definition) is 0. The maximum Gasteiger partial charge on any atom is 0.216 e. The number of hydrogen-bond acceptors (Lipinski definition) is 4. The van der Waals surface area contributed by atoms with Gasteiger partial charge in [-0.3, -0.25) is 0 Å². The molecule has 7 rings (SSSR count). The Kier molecular flexibility index (Phi) is 12.2. The number of furan rings is 1. The minimum atomic E-state index is -1.86. The summed E-state index contributed by atoms with van der Waals surface area (Å²) in [5.74, 6) is 8.43. The second kappa shape index (κ2) is 16.2. The van der Waals surface area contributed by atoms with Crippen molar-refractivity contribution < 1.29 is 24.5 Å². The molecular weight excluding hydrogens is 863 g/mol. The Morgan fingerprint density at radius 1 is 0.745 bits per heavy atom. The van der Waals surface area contributed by atoms with Crippen molar-refractivity contribution in [3.8, 4) is 33.8 Å². The van der Waals surface area contributed by atoms with E-state index in [4.69, 9.17) is 14.4 Å². The van der Waals surface area contributed by atoms with Crippen molar-refractivity contribution in [2.45, 2.75) is 71.1 Å². The molecule has 7 aromatic rings.